The molecule has 9 heteroatoms. The van der Waals surface area contributed by atoms with Gasteiger partial charge in [-0.15, -0.1) is 0 Å². The first-order chi connectivity index (χ1) is 27.3. The first-order valence-corrected chi connectivity index (χ1v) is 19.3. The minimum absolute atomic E-state index is 0.106. The van der Waals surface area contributed by atoms with Crippen LogP contribution in [0.5, 0.6) is 23.0 Å². The van der Waals surface area contributed by atoms with Crippen molar-refractivity contribution in [1.29, 1.82) is 0 Å². The van der Waals surface area contributed by atoms with Crippen molar-refractivity contribution in [2.45, 2.75) is 39.0 Å². The van der Waals surface area contributed by atoms with Crippen LogP contribution in [0.1, 0.15) is 37.1 Å². The van der Waals surface area contributed by atoms with Gasteiger partial charge in [0.25, 0.3) is 0 Å². The lowest BCUT2D eigenvalue weighted by Gasteiger charge is -2.21. The fraction of sp³-hybridized carbons (Fsp3) is 0.128. The van der Waals surface area contributed by atoms with Crippen molar-refractivity contribution >= 4 is 62.2 Å². The summed E-state index contributed by atoms with van der Waals surface area (Å²) in [6.07, 6.45) is 4.20. The van der Waals surface area contributed by atoms with E-state index < -0.39 is 12.1 Å². The number of anilines is 2. The van der Waals surface area contributed by atoms with Crippen molar-refractivity contribution in [2.75, 3.05) is 10.6 Å². The SMILES string of the molecule is CC(C(=O)C(C)n1cc(CNc2ccccc2Oc2ccc(Cl)cc2)c2ccccc21)n1cc(CNc2ccccc2Oc2ccc(Cl)cc2)c2ccccc21. The van der Waals surface area contributed by atoms with Gasteiger partial charge in [0.05, 0.1) is 23.5 Å². The van der Waals surface area contributed by atoms with Crippen LogP contribution >= 0.6 is 23.2 Å². The molecule has 2 atom stereocenters. The monoisotopic (exact) mass is 778 g/mol. The third-order valence-electron chi connectivity index (χ3n) is 10.1. The lowest BCUT2D eigenvalue weighted by Crippen LogP contribution is -2.24. The van der Waals surface area contributed by atoms with E-state index in [9.17, 15) is 4.79 Å². The Bertz CT molecular complexity index is 2450. The summed E-state index contributed by atoms with van der Waals surface area (Å²) in [6, 6.07) is 46.0. The fourth-order valence-corrected chi connectivity index (χ4v) is 7.40. The first-order valence-electron chi connectivity index (χ1n) is 18.6. The number of para-hydroxylation sites is 6. The second kappa shape index (κ2) is 16.3. The van der Waals surface area contributed by atoms with Gasteiger partial charge in [-0.2, -0.15) is 0 Å². The average molecular weight is 780 g/mol. The maximum absolute atomic E-state index is 14.5. The van der Waals surface area contributed by atoms with E-state index in [1.54, 1.807) is 0 Å². The predicted molar refractivity (Wildman–Crippen MR) is 229 cm³/mol. The standard InChI is InChI=1S/C47H40Cl2N4O3/c1-31(52-29-33(39-11-3-7-15-43(39)52)27-50-41-13-5-9-17-45(41)55-37-23-19-35(48)20-24-37)47(54)32(2)53-30-34(40-12-4-8-16-44(40)53)28-51-42-14-6-10-18-46(42)56-38-25-21-36(49)22-26-38/h3-26,29-32,50-51H,27-28H2,1-2H3. The number of ketones is 1. The molecule has 0 saturated heterocycles. The molecule has 0 spiro atoms. The number of halogens is 2. The number of hydrogen-bond donors (Lipinski definition) is 2. The molecule has 8 aromatic rings. The van der Waals surface area contributed by atoms with Crippen LogP contribution in [0.25, 0.3) is 21.8 Å². The summed E-state index contributed by atoms with van der Waals surface area (Å²) in [7, 11) is 0. The average Bonchev–Trinajstić information content (AvgIpc) is 3.79. The molecule has 6 aromatic carbocycles. The Morgan fingerprint density at radius 3 is 1.34 bits per heavy atom. The number of Topliss-reactive ketones (excluding diaryl/α,β-unsaturated/α-hetero) is 1. The summed E-state index contributed by atoms with van der Waals surface area (Å²) in [5.74, 6) is 2.92. The summed E-state index contributed by atoms with van der Waals surface area (Å²) >= 11 is 12.2. The minimum Gasteiger partial charge on any atom is -0.455 e. The third-order valence-corrected chi connectivity index (χ3v) is 10.6. The molecule has 0 saturated carbocycles. The molecule has 0 radical (unpaired) electrons. The smallest absolute Gasteiger partial charge is 0.177 e. The van der Waals surface area contributed by atoms with Crippen molar-refractivity contribution in [3.8, 4) is 23.0 Å². The number of carbonyl (C=O) groups excluding carboxylic acids is 1. The van der Waals surface area contributed by atoms with E-state index in [0.29, 0.717) is 46.1 Å². The number of nitrogens with one attached hydrogen (secondary N) is 2. The molecule has 2 N–H and O–H groups in total. The molecule has 0 aliphatic heterocycles. The number of benzene rings is 6. The Morgan fingerprint density at radius 1 is 0.536 bits per heavy atom. The van der Waals surface area contributed by atoms with E-state index in [0.717, 1.165) is 44.3 Å². The van der Waals surface area contributed by atoms with Gasteiger partial charge in [0.15, 0.2) is 17.3 Å². The molecule has 7 nitrogen and oxygen atoms in total. The Kier molecular flexibility index (Phi) is 10.7. The van der Waals surface area contributed by atoms with Gasteiger partial charge in [-0.1, -0.05) is 83.9 Å². The molecule has 0 aliphatic carbocycles. The number of nitrogens with zero attached hydrogens (tertiary/aromatic N) is 2. The summed E-state index contributed by atoms with van der Waals surface area (Å²) in [4.78, 5) is 14.5. The maximum Gasteiger partial charge on any atom is 0.177 e. The van der Waals surface area contributed by atoms with Crippen LogP contribution < -0.4 is 20.1 Å². The highest BCUT2D eigenvalue weighted by molar-refractivity contribution is 6.30. The van der Waals surface area contributed by atoms with E-state index in [2.05, 4.69) is 56.4 Å². The van der Waals surface area contributed by atoms with Gasteiger partial charge in [-0.05, 0) is 110 Å². The zero-order valence-electron chi connectivity index (χ0n) is 31.0. The van der Waals surface area contributed by atoms with Crippen molar-refractivity contribution < 1.29 is 14.3 Å². The highest BCUT2D eigenvalue weighted by Crippen LogP contribution is 2.35. The van der Waals surface area contributed by atoms with Gasteiger partial charge in [0.2, 0.25) is 0 Å². The number of hydrogen-bond acceptors (Lipinski definition) is 5. The summed E-state index contributed by atoms with van der Waals surface area (Å²) < 4.78 is 16.6. The Morgan fingerprint density at radius 2 is 0.911 bits per heavy atom. The highest BCUT2D eigenvalue weighted by Gasteiger charge is 2.26. The van der Waals surface area contributed by atoms with E-state index >= 15 is 0 Å². The molecule has 0 amide bonds. The molecule has 280 valence electrons. The quantitative estimate of drug-likeness (QED) is 0.115. The van der Waals surface area contributed by atoms with Crippen LogP contribution in [0.4, 0.5) is 11.4 Å². The van der Waals surface area contributed by atoms with Crippen molar-refractivity contribution in [3.63, 3.8) is 0 Å². The lowest BCUT2D eigenvalue weighted by molar-refractivity contribution is -0.124. The van der Waals surface area contributed by atoms with Crippen LogP contribution in [0.3, 0.4) is 0 Å². The van der Waals surface area contributed by atoms with Crippen molar-refractivity contribution in [2.24, 2.45) is 0 Å². The van der Waals surface area contributed by atoms with Crippen LogP contribution in [-0.4, -0.2) is 14.9 Å². The van der Waals surface area contributed by atoms with Crippen LogP contribution in [0, 0.1) is 0 Å². The first kappa shape index (κ1) is 36.8. The molecule has 0 aliphatic rings. The molecule has 2 unspecified atom stereocenters. The van der Waals surface area contributed by atoms with Gasteiger partial charge in [-0.3, -0.25) is 4.79 Å². The third kappa shape index (κ3) is 7.83. The van der Waals surface area contributed by atoms with Gasteiger partial charge in [0.1, 0.15) is 11.5 Å². The molecule has 0 bridgehead atoms. The van der Waals surface area contributed by atoms with Crippen LogP contribution in [0.2, 0.25) is 10.0 Å². The minimum atomic E-state index is -0.427. The molecular formula is C47H40Cl2N4O3. The molecule has 2 heterocycles. The largest absolute Gasteiger partial charge is 0.455 e. The second-order valence-corrected chi connectivity index (χ2v) is 14.6. The number of rotatable bonds is 14. The summed E-state index contributed by atoms with van der Waals surface area (Å²) in [5, 5.41) is 10.6. The Labute approximate surface area is 336 Å². The fourth-order valence-electron chi connectivity index (χ4n) is 7.14. The number of aromatic nitrogens is 2. The topological polar surface area (TPSA) is 69.5 Å². The number of fused-ring (bicyclic) bond motifs is 2. The van der Waals surface area contributed by atoms with Gasteiger partial charge < -0.3 is 29.2 Å². The summed E-state index contributed by atoms with van der Waals surface area (Å²) in [5.41, 5.74) is 5.89. The van der Waals surface area contributed by atoms with E-state index in [4.69, 9.17) is 32.7 Å². The number of carbonyl (C=O) groups is 1. The number of ether oxygens (including phenoxy) is 2. The van der Waals surface area contributed by atoms with Crippen LogP contribution in [0.15, 0.2) is 158 Å². The van der Waals surface area contributed by atoms with Gasteiger partial charge >= 0.3 is 0 Å². The van der Waals surface area contributed by atoms with Crippen molar-refractivity contribution in [1.82, 2.24) is 9.13 Å². The highest BCUT2D eigenvalue weighted by atomic mass is 35.5. The van der Waals surface area contributed by atoms with E-state index in [-0.39, 0.29) is 5.78 Å². The zero-order chi connectivity index (χ0) is 38.6. The Balaban J connectivity index is 1.01. The van der Waals surface area contributed by atoms with Crippen molar-refractivity contribution in [3.05, 3.63) is 179 Å². The normalized spacial score (nSPS) is 12.4. The molecular weight excluding hydrogens is 739 g/mol. The van der Waals surface area contributed by atoms with Gasteiger partial charge in [0, 0.05) is 57.3 Å². The summed E-state index contributed by atoms with van der Waals surface area (Å²) in [6.45, 7) is 5.06. The molecule has 8 rings (SSSR count). The van der Waals surface area contributed by atoms with E-state index in [1.165, 1.54) is 0 Å². The molecule has 0 fully saturated rings. The Hall–Kier alpha value is -6.15. The van der Waals surface area contributed by atoms with E-state index in [1.807, 2.05) is 135 Å². The second-order valence-electron chi connectivity index (χ2n) is 13.7. The molecule has 56 heavy (non-hydrogen) atoms. The predicted octanol–water partition coefficient (Wildman–Crippen LogP) is 13.1. The maximum atomic E-state index is 14.5. The lowest BCUT2D eigenvalue weighted by atomic mass is 10.1. The molecule has 2 aromatic heterocycles. The van der Waals surface area contributed by atoms with Gasteiger partial charge in [-0.25, -0.2) is 0 Å². The zero-order valence-corrected chi connectivity index (χ0v) is 32.5. The van der Waals surface area contributed by atoms with Crippen LogP contribution in [-0.2, 0) is 17.9 Å².